The molecule has 24 heavy (non-hydrogen) atoms. The zero-order valence-corrected chi connectivity index (χ0v) is 14.6. The van der Waals surface area contributed by atoms with Crippen molar-refractivity contribution >= 4 is 11.6 Å². The summed E-state index contributed by atoms with van der Waals surface area (Å²) in [6.45, 7) is 7.62. The molecule has 3 rings (SSSR count). The highest BCUT2D eigenvalue weighted by Gasteiger charge is 2.34. The third-order valence-corrected chi connectivity index (χ3v) is 4.29. The summed E-state index contributed by atoms with van der Waals surface area (Å²) in [5.41, 5.74) is 1.61. The Morgan fingerprint density at radius 1 is 1.25 bits per heavy atom. The quantitative estimate of drug-likeness (QED) is 0.891. The second-order valence-electron chi connectivity index (χ2n) is 7.35. The average Bonchev–Trinajstić information content (AvgIpc) is 3.15. The molecule has 1 saturated heterocycles. The fraction of sp³-hybridized carbons (Fsp3) is 0.529. The molecule has 0 saturated carbocycles. The Morgan fingerprint density at radius 3 is 2.54 bits per heavy atom. The summed E-state index contributed by atoms with van der Waals surface area (Å²) in [5.74, 6) is 0.752. The number of hydrogen-bond acceptors (Lipinski definition) is 5. The van der Waals surface area contributed by atoms with E-state index in [-0.39, 0.29) is 23.2 Å². The Hall–Kier alpha value is -2.28. The van der Waals surface area contributed by atoms with Gasteiger partial charge in [0, 0.05) is 37.7 Å². The summed E-state index contributed by atoms with van der Waals surface area (Å²) < 4.78 is 1.77. The van der Waals surface area contributed by atoms with Gasteiger partial charge in [-0.1, -0.05) is 20.8 Å². The van der Waals surface area contributed by atoms with Crippen LogP contribution in [-0.2, 0) is 17.3 Å². The van der Waals surface area contributed by atoms with Crippen LogP contribution >= 0.6 is 0 Å². The average molecular weight is 328 g/mol. The second kappa shape index (κ2) is 6.32. The minimum atomic E-state index is -0.128. The summed E-state index contributed by atoms with van der Waals surface area (Å²) in [6.07, 6.45) is 7.15. The zero-order chi connectivity index (χ0) is 17.3. The van der Waals surface area contributed by atoms with Crippen LogP contribution in [0.1, 0.15) is 38.1 Å². The summed E-state index contributed by atoms with van der Waals surface area (Å²) in [7, 11) is 1.88. The molecule has 1 aliphatic heterocycles. The lowest BCUT2D eigenvalue weighted by Gasteiger charge is -2.18. The molecule has 1 amide bonds. The van der Waals surface area contributed by atoms with Gasteiger partial charge in [0.05, 0.1) is 30.2 Å². The molecule has 1 fully saturated rings. The second-order valence-corrected chi connectivity index (χ2v) is 7.35. The number of rotatable bonds is 3. The van der Waals surface area contributed by atoms with Crippen molar-refractivity contribution in [3.8, 4) is 0 Å². The molecule has 0 aliphatic carbocycles. The van der Waals surface area contributed by atoms with Gasteiger partial charge in [-0.15, -0.1) is 0 Å². The molecule has 2 atom stereocenters. The van der Waals surface area contributed by atoms with Gasteiger partial charge < -0.3 is 10.6 Å². The number of amides is 1. The van der Waals surface area contributed by atoms with E-state index < -0.39 is 0 Å². The van der Waals surface area contributed by atoms with E-state index in [2.05, 4.69) is 46.5 Å². The van der Waals surface area contributed by atoms with Gasteiger partial charge in [-0.05, 0) is 5.56 Å². The summed E-state index contributed by atoms with van der Waals surface area (Å²) in [5, 5.41) is 10.4. The molecule has 2 aromatic heterocycles. The fourth-order valence-electron chi connectivity index (χ4n) is 2.95. The van der Waals surface area contributed by atoms with E-state index in [4.69, 9.17) is 0 Å². The molecule has 0 spiro atoms. The van der Waals surface area contributed by atoms with Gasteiger partial charge in [0.1, 0.15) is 5.82 Å². The van der Waals surface area contributed by atoms with E-state index in [1.54, 1.807) is 17.1 Å². The smallest absolute Gasteiger partial charge is 0.229 e. The van der Waals surface area contributed by atoms with Crippen molar-refractivity contribution < 1.29 is 4.79 Å². The lowest BCUT2D eigenvalue weighted by atomic mass is 9.90. The van der Waals surface area contributed by atoms with Gasteiger partial charge in [0.2, 0.25) is 5.91 Å². The minimum Gasteiger partial charge on any atom is -0.323 e. The first kappa shape index (κ1) is 16.6. The van der Waals surface area contributed by atoms with Crippen LogP contribution < -0.4 is 10.6 Å². The third kappa shape index (κ3) is 3.46. The van der Waals surface area contributed by atoms with Crippen molar-refractivity contribution in [3.63, 3.8) is 0 Å². The van der Waals surface area contributed by atoms with Gasteiger partial charge in [-0.25, -0.2) is 9.97 Å². The molecule has 0 bridgehead atoms. The Balaban J connectivity index is 1.70. The largest absolute Gasteiger partial charge is 0.323 e. The van der Waals surface area contributed by atoms with E-state index >= 15 is 0 Å². The van der Waals surface area contributed by atoms with Crippen LogP contribution in [0.15, 0.2) is 24.8 Å². The molecule has 3 heterocycles. The molecule has 7 heteroatoms. The van der Waals surface area contributed by atoms with Crippen molar-refractivity contribution in [3.05, 3.63) is 36.2 Å². The number of nitrogens with zero attached hydrogens (tertiary/aromatic N) is 4. The van der Waals surface area contributed by atoms with E-state index in [1.165, 1.54) is 0 Å². The van der Waals surface area contributed by atoms with Crippen LogP contribution in [0, 0.1) is 5.92 Å². The highest BCUT2D eigenvalue weighted by Crippen LogP contribution is 2.29. The first-order chi connectivity index (χ1) is 11.3. The number of carbonyl (C=O) groups is 1. The molecule has 0 aromatic carbocycles. The maximum Gasteiger partial charge on any atom is 0.229 e. The predicted octanol–water partition coefficient (Wildman–Crippen LogP) is 1.45. The van der Waals surface area contributed by atoms with Crippen LogP contribution in [0.4, 0.5) is 5.69 Å². The van der Waals surface area contributed by atoms with Gasteiger partial charge in [-0.3, -0.25) is 9.48 Å². The predicted molar refractivity (Wildman–Crippen MR) is 91.7 cm³/mol. The van der Waals surface area contributed by atoms with E-state index in [1.807, 2.05) is 19.4 Å². The fourth-order valence-corrected chi connectivity index (χ4v) is 2.95. The van der Waals surface area contributed by atoms with Gasteiger partial charge >= 0.3 is 0 Å². The van der Waals surface area contributed by atoms with Crippen LogP contribution in [0.5, 0.6) is 0 Å². The van der Waals surface area contributed by atoms with Gasteiger partial charge in [0.25, 0.3) is 0 Å². The van der Waals surface area contributed by atoms with Gasteiger partial charge in [0.15, 0.2) is 0 Å². The zero-order valence-electron chi connectivity index (χ0n) is 14.6. The number of aromatic nitrogens is 4. The van der Waals surface area contributed by atoms with Crippen LogP contribution in [0.2, 0.25) is 0 Å². The van der Waals surface area contributed by atoms with Gasteiger partial charge in [-0.2, -0.15) is 5.10 Å². The lowest BCUT2D eigenvalue weighted by Crippen LogP contribution is -2.28. The molecule has 1 aliphatic rings. The molecule has 0 unspecified atom stereocenters. The normalized spacial score (nSPS) is 21.0. The molecule has 128 valence electrons. The van der Waals surface area contributed by atoms with Crippen molar-refractivity contribution in [1.82, 2.24) is 25.1 Å². The Bertz CT molecular complexity index is 715. The first-order valence-corrected chi connectivity index (χ1v) is 8.17. The standard InChI is InChI=1S/C17H24N6O/c1-17(2,3)16-19-6-12(7-20-16)22-15(24)14-9-18-8-13(14)11-5-21-23(4)10-11/h5-7,10,13-14,18H,8-9H2,1-4H3,(H,22,24)/t13-,14+/m1/s1. The number of carbonyl (C=O) groups excluding carboxylic acids is 1. The van der Waals surface area contributed by atoms with E-state index in [0.717, 1.165) is 17.9 Å². The summed E-state index contributed by atoms with van der Waals surface area (Å²) >= 11 is 0. The Labute approximate surface area is 141 Å². The molecule has 2 aromatic rings. The van der Waals surface area contributed by atoms with Crippen molar-refractivity contribution in [2.75, 3.05) is 18.4 Å². The monoisotopic (exact) mass is 328 g/mol. The Morgan fingerprint density at radius 2 is 1.96 bits per heavy atom. The minimum absolute atomic E-state index is 0.0130. The number of anilines is 1. The molecular weight excluding hydrogens is 304 g/mol. The first-order valence-electron chi connectivity index (χ1n) is 8.17. The maximum absolute atomic E-state index is 12.7. The van der Waals surface area contributed by atoms with E-state index in [9.17, 15) is 4.79 Å². The molecule has 0 radical (unpaired) electrons. The van der Waals surface area contributed by atoms with Crippen molar-refractivity contribution in [2.45, 2.75) is 32.1 Å². The van der Waals surface area contributed by atoms with Crippen LogP contribution in [-0.4, -0.2) is 38.7 Å². The molecule has 2 N–H and O–H groups in total. The van der Waals surface area contributed by atoms with Crippen molar-refractivity contribution in [2.24, 2.45) is 13.0 Å². The third-order valence-electron chi connectivity index (χ3n) is 4.29. The molecule has 7 nitrogen and oxygen atoms in total. The lowest BCUT2D eigenvalue weighted by molar-refractivity contribution is -0.119. The summed E-state index contributed by atoms with van der Waals surface area (Å²) in [4.78, 5) is 21.4. The number of nitrogens with one attached hydrogen (secondary N) is 2. The van der Waals surface area contributed by atoms with Crippen LogP contribution in [0.25, 0.3) is 0 Å². The van der Waals surface area contributed by atoms with E-state index in [0.29, 0.717) is 12.2 Å². The SMILES string of the molecule is Cn1cc([C@H]2CNC[C@@H]2C(=O)Nc2cnc(C(C)(C)C)nc2)cn1. The van der Waals surface area contributed by atoms with Crippen molar-refractivity contribution in [1.29, 1.82) is 0 Å². The highest BCUT2D eigenvalue weighted by atomic mass is 16.2. The summed E-state index contributed by atoms with van der Waals surface area (Å²) in [6, 6.07) is 0. The number of aryl methyl sites for hydroxylation is 1. The Kier molecular flexibility index (Phi) is 4.36. The highest BCUT2D eigenvalue weighted by molar-refractivity contribution is 5.93. The topological polar surface area (TPSA) is 84.7 Å². The molecular formula is C17H24N6O. The van der Waals surface area contributed by atoms with Crippen LogP contribution in [0.3, 0.4) is 0 Å². The number of hydrogen-bond donors (Lipinski definition) is 2. The maximum atomic E-state index is 12.7.